The van der Waals surface area contributed by atoms with Crippen LogP contribution in [0, 0.1) is 5.41 Å². The molecule has 2 aromatic carbocycles. The number of nitrogens with zero attached hydrogens (tertiary/aromatic N) is 1. The maximum Gasteiger partial charge on any atom is 0.309 e. The largest absolute Gasteiger partial charge is 0.503 e. The quantitative estimate of drug-likeness (QED) is 0.652. The van der Waals surface area contributed by atoms with E-state index >= 15 is 0 Å². The first-order valence-corrected chi connectivity index (χ1v) is 8.84. The number of carbonyl (C=O) groups is 2. The molecule has 2 amide bonds. The number of hydrazine groups is 1. The average Bonchev–Trinajstić information content (AvgIpc) is 2.87. The topological polar surface area (TPSA) is 102 Å². The van der Waals surface area contributed by atoms with Crippen LogP contribution >= 0.6 is 0 Å². The van der Waals surface area contributed by atoms with E-state index in [-0.39, 0.29) is 5.56 Å². The fourth-order valence-electron chi connectivity index (χ4n) is 2.90. The first-order chi connectivity index (χ1) is 13.1. The number of rotatable bonds is 4. The molecular weight excluding hydrogens is 358 g/mol. The lowest BCUT2D eigenvalue weighted by atomic mass is 9.83. The van der Waals surface area contributed by atoms with E-state index in [1.54, 1.807) is 45.0 Å². The number of hydrogen-bond donors (Lipinski definition) is 4. The fourth-order valence-corrected chi connectivity index (χ4v) is 2.90. The zero-order chi connectivity index (χ0) is 20.5. The van der Waals surface area contributed by atoms with Gasteiger partial charge >= 0.3 is 5.91 Å². The molecule has 0 saturated carbocycles. The number of carbonyl (C=O) groups excluding carboxylic acids is 2. The van der Waals surface area contributed by atoms with E-state index in [9.17, 15) is 19.8 Å². The van der Waals surface area contributed by atoms with Crippen LogP contribution in [0.3, 0.4) is 0 Å². The third-order valence-corrected chi connectivity index (χ3v) is 4.64. The van der Waals surface area contributed by atoms with Crippen LogP contribution in [-0.2, 0) is 4.79 Å². The zero-order valence-electron chi connectivity index (χ0n) is 15.9. The van der Waals surface area contributed by atoms with Gasteiger partial charge in [-0.25, -0.2) is 5.01 Å². The first kappa shape index (κ1) is 19.4. The Morgan fingerprint density at radius 1 is 1.04 bits per heavy atom. The molecule has 2 aromatic rings. The van der Waals surface area contributed by atoms with Crippen molar-refractivity contribution in [1.82, 2.24) is 10.4 Å². The Kier molecular flexibility index (Phi) is 4.87. The van der Waals surface area contributed by atoms with Gasteiger partial charge in [0.15, 0.2) is 11.5 Å². The molecule has 0 saturated heterocycles. The van der Waals surface area contributed by atoms with Crippen LogP contribution in [0.15, 0.2) is 66.4 Å². The summed E-state index contributed by atoms with van der Waals surface area (Å²) in [6.45, 7) is 5.08. The summed E-state index contributed by atoms with van der Waals surface area (Å²) in [7, 11) is 0. The number of hydrogen-bond acceptors (Lipinski definition) is 5. The standard InChI is InChI=1S/C21H23N3O4/c1-20(2,3)21(28)13-17(25)19(27)24(21)23-18(26)15-11-7-8-12-16(15)22-14-9-5-4-6-10-14/h4-13,22,25,28H,1-3H3,(H,23,26). The third-order valence-electron chi connectivity index (χ3n) is 4.64. The minimum atomic E-state index is -1.87. The van der Waals surface area contributed by atoms with Crippen molar-refractivity contribution in [1.29, 1.82) is 0 Å². The summed E-state index contributed by atoms with van der Waals surface area (Å²) in [6, 6.07) is 16.2. The Morgan fingerprint density at radius 2 is 1.64 bits per heavy atom. The number of aliphatic hydroxyl groups excluding tert-OH is 1. The molecule has 4 N–H and O–H groups in total. The van der Waals surface area contributed by atoms with Crippen molar-refractivity contribution < 1.29 is 19.8 Å². The second-order valence-corrected chi connectivity index (χ2v) is 7.62. The molecule has 0 aliphatic carbocycles. The minimum Gasteiger partial charge on any atom is -0.503 e. The minimum absolute atomic E-state index is 0.279. The van der Waals surface area contributed by atoms with E-state index in [1.165, 1.54) is 0 Å². The van der Waals surface area contributed by atoms with Crippen LogP contribution in [0.25, 0.3) is 0 Å². The second kappa shape index (κ2) is 7.01. The Bertz CT molecular complexity index is 934. The number of nitrogens with one attached hydrogen (secondary N) is 2. The van der Waals surface area contributed by atoms with Gasteiger partial charge in [0.25, 0.3) is 5.91 Å². The van der Waals surface area contributed by atoms with E-state index in [1.807, 2.05) is 30.3 Å². The number of aliphatic hydroxyl groups is 2. The molecule has 0 radical (unpaired) electrons. The summed E-state index contributed by atoms with van der Waals surface area (Å²) in [6.07, 6.45) is 1.05. The Labute approximate surface area is 163 Å². The molecule has 1 heterocycles. The molecule has 7 heteroatoms. The van der Waals surface area contributed by atoms with Crippen molar-refractivity contribution in [2.75, 3.05) is 5.32 Å². The monoisotopic (exact) mass is 381 g/mol. The summed E-state index contributed by atoms with van der Waals surface area (Å²) in [5.74, 6) is -2.09. The Morgan fingerprint density at radius 3 is 2.29 bits per heavy atom. The van der Waals surface area contributed by atoms with Gasteiger partial charge in [-0.15, -0.1) is 0 Å². The van der Waals surface area contributed by atoms with E-state index in [2.05, 4.69) is 10.7 Å². The van der Waals surface area contributed by atoms with Gasteiger partial charge in [-0.3, -0.25) is 15.0 Å². The van der Waals surface area contributed by atoms with Crippen molar-refractivity contribution in [2.24, 2.45) is 5.41 Å². The average molecular weight is 381 g/mol. The van der Waals surface area contributed by atoms with Gasteiger partial charge < -0.3 is 15.5 Å². The van der Waals surface area contributed by atoms with Gasteiger partial charge in [-0.05, 0) is 24.3 Å². The van der Waals surface area contributed by atoms with Crippen molar-refractivity contribution in [3.63, 3.8) is 0 Å². The predicted molar refractivity (Wildman–Crippen MR) is 106 cm³/mol. The van der Waals surface area contributed by atoms with E-state index < -0.39 is 28.7 Å². The fraction of sp³-hybridized carbons (Fsp3) is 0.238. The molecule has 1 unspecified atom stereocenters. The smallest absolute Gasteiger partial charge is 0.309 e. The summed E-state index contributed by atoms with van der Waals surface area (Å²) in [5, 5.41) is 24.7. The van der Waals surface area contributed by atoms with Gasteiger partial charge in [0.1, 0.15) is 0 Å². The predicted octanol–water partition coefficient (Wildman–Crippen LogP) is 3.09. The van der Waals surface area contributed by atoms with Crippen LogP contribution in [-0.4, -0.2) is 32.8 Å². The van der Waals surface area contributed by atoms with Gasteiger partial charge in [-0.1, -0.05) is 51.1 Å². The molecule has 28 heavy (non-hydrogen) atoms. The van der Waals surface area contributed by atoms with Gasteiger partial charge in [0.05, 0.1) is 11.3 Å². The van der Waals surface area contributed by atoms with Crippen LogP contribution in [0.2, 0.25) is 0 Å². The third kappa shape index (κ3) is 3.44. The maximum absolute atomic E-state index is 12.9. The van der Waals surface area contributed by atoms with Gasteiger partial charge in [0.2, 0.25) is 0 Å². The lowest BCUT2D eigenvalue weighted by molar-refractivity contribution is -0.170. The molecule has 0 bridgehead atoms. The SMILES string of the molecule is CC(C)(C)C1(O)C=C(O)C(=O)N1NC(=O)c1ccccc1Nc1ccccc1. The van der Waals surface area contributed by atoms with E-state index in [0.717, 1.165) is 16.8 Å². The first-order valence-electron chi connectivity index (χ1n) is 8.84. The maximum atomic E-state index is 12.9. The second-order valence-electron chi connectivity index (χ2n) is 7.62. The highest BCUT2D eigenvalue weighted by atomic mass is 16.3. The summed E-state index contributed by atoms with van der Waals surface area (Å²) in [4.78, 5) is 25.2. The highest BCUT2D eigenvalue weighted by molar-refractivity contribution is 6.03. The van der Waals surface area contributed by atoms with Crippen molar-refractivity contribution in [2.45, 2.75) is 26.5 Å². The number of benzene rings is 2. The highest BCUT2D eigenvalue weighted by Crippen LogP contribution is 2.39. The summed E-state index contributed by atoms with van der Waals surface area (Å²) < 4.78 is 0. The van der Waals surface area contributed by atoms with Crippen molar-refractivity contribution in [3.8, 4) is 0 Å². The van der Waals surface area contributed by atoms with E-state index in [4.69, 9.17) is 0 Å². The normalized spacial score (nSPS) is 19.4. The number of para-hydroxylation sites is 2. The van der Waals surface area contributed by atoms with Crippen molar-refractivity contribution in [3.05, 3.63) is 72.0 Å². The molecule has 7 nitrogen and oxygen atoms in total. The zero-order valence-corrected chi connectivity index (χ0v) is 15.9. The lowest BCUT2D eigenvalue weighted by Crippen LogP contribution is -2.61. The lowest BCUT2D eigenvalue weighted by Gasteiger charge is -2.41. The van der Waals surface area contributed by atoms with Gasteiger partial charge in [-0.2, -0.15) is 0 Å². The van der Waals surface area contributed by atoms with E-state index in [0.29, 0.717) is 5.69 Å². The van der Waals surface area contributed by atoms with Crippen molar-refractivity contribution >= 4 is 23.2 Å². The van der Waals surface area contributed by atoms with Crippen LogP contribution < -0.4 is 10.7 Å². The van der Waals surface area contributed by atoms with Crippen LogP contribution in [0.1, 0.15) is 31.1 Å². The molecule has 0 aromatic heterocycles. The molecule has 0 fully saturated rings. The Balaban J connectivity index is 1.89. The molecule has 3 rings (SSSR count). The van der Waals surface area contributed by atoms with Gasteiger partial charge in [0, 0.05) is 17.2 Å². The highest BCUT2D eigenvalue weighted by Gasteiger charge is 2.53. The Hall–Kier alpha value is -3.32. The molecular formula is C21H23N3O4. The number of anilines is 2. The molecule has 1 aliphatic rings. The van der Waals surface area contributed by atoms with Crippen LogP contribution in [0.4, 0.5) is 11.4 Å². The van der Waals surface area contributed by atoms with Crippen LogP contribution in [0.5, 0.6) is 0 Å². The molecule has 146 valence electrons. The summed E-state index contributed by atoms with van der Waals surface area (Å²) >= 11 is 0. The molecule has 1 atom stereocenters. The number of amides is 2. The summed E-state index contributed by atoms with van der Waals surface area (Å²) in [5.41, 5.74) is 1.33. The molecule has 0 spiro atoms. The molecule has 1 aliphatic heterocycles.